The van der Waals surface area contributed by atoms with Crippen molar-refractivity contribution in [3.8, 4) is 0 Å². The van der Waals surface area contributed by atoms with E-state index in [-0.39, 0.29) is 54.9 Å². The molecule has 0 fully saturated rings. The van der Waals surface area contributed by atoms with Crippen molar-refractivity contribution in [1.82, 2.24) is 0 Å². The molecule has 0 aromatic heterocycles. The normalized spacial score (nSPS) is 15.2. The zero-order valence-corrected chi connectivity index (χ0v) is 26.4. The number of allylic oxidation sites excluding steroid dienone is 4. The van der Waals surface area contributed by atoms with Crippen molar-refractivity contribution in [3.05, 3.63) is 39.2 Å². The minimum Gasteiger partial charge on any atom is -1.00 e. The van der Waals surface area contributed by atoms with Crippen LogP contribution in [-0.2, 0) is 19.5 Å². The largest absolute Gasteiger partial charge is 2.00 e. The molecule has 0 heterocycles. The molecule has 1 atom stereocenters. The van der Waals surface area contributed by atoms with Gasteiger partial charge < -0.3 is 19.6 Å². The first-order chi connectivity index (χ1) is 12.5. The third kappa shape index (κ3) is 28.8. The second kappa shape index (κ2) is 22.2. The van der Waals surface area contributed by atoms with Gasteiger partial charge in [-0.05, 0) is 88.0 Å². The summed E-state index contributed by atoms with van der Waals surface area (Å²) in [6, 6.07) is 0. The van der Waals surface area contributed by atoms with Crippen LogP contribution in [0.5, 0.6) is 0 Å². The van der Waals surface area contributed by atoms with Gasteiger partial charge in [0, 0.05) is 15.8 Å². The molecular weight excluding hydrogens is 540 g/mol. The van der Waals surface area contributed by atoms with Crippen molar-refractivity contribution in [1.29, 1.82) is 0 Å². The molecule has 0 amide bonds. The topological polar surface area (TPSA) is 0 Å². The Morgan fingerprint density at radius 2 is 0.875 bits per heavy atom. The summed E-state index contributed by atoms with van der Waals surface area (Å²) >= 11 is 0. The van der Waals surface area contributed by atoms with Crippen molar-refractivity contribution in [2.24, 2.45) is 0 Å². The second-order valence-electron chi connectivity index (χ2n) is 10.5. The van der Waals surface area contributed by atoms with Gasteiger partial charge in [0.05, 0.1) is 22.1 Å². The smallest absolute Gasteiger partial charge is 1.00 e. The van der Waals surface area contributed by atoms with Crippen molar-refractivity contribution in [2.45, 2.75) is 103 Å². The Hall–Kier alpha value is 0.748. The molecule has 1 rings (SSSR count). The fourth-order valence-corrected chi connectivity index (χ4v) is 13.8. The summed E-state index contributed by atoms with van der Waals surface area (Å²) in [6.07, 6.45) is 14.0. The predicted octanol–water partition coefficient (Wildman–Crippen LogP) is 6.85. The maximum Gasteiger partial charge on any atom is 2.00 e. The molecular formula is C24H52BF4P2Rh+. The molecule has 0 aromatic rings. The SMILES string of the molecule is C1=CCC/C=C\CC1.C[PH+](C[PH+](C(C)(C)C)C(C)(C)C)C(C)(C)C.FB(F)F.[CH3-].[CH3-].[F-].[Rh+2]. The molecule has 8 heteroatoms. The molecule has 1 radical (unpaired) electrons. The van der Waals surface area contributed by atoms with Crippen LogP contribution in [0.1, 0.15) is 88.0 Å². The van der Waals surface area contributed by atoms with Gasteiger partial charge in [-0.25, -0.2) is 0 Å². The molecule has 0 N–H and O–H groups in total. The van der Waals surface area contributed by atoms with Crippen molar-refractivity contribution >= 4 is 23.4 Å². The zero-order chi connectivity index (χ0) is 22.6. The van der Waals surface area contributed by atoms with Gasteiger partial charge in [0.1, 0.15) is 0 Å². The summed E-state index contributed by atoms with van der Waals surface area (Å²) in [5.41, 5.74) is 0. The molecule has 32 heavy (non-hydrogen) atoms. The Morgan fingerprint density at radius 3 is 1.03 bits per heavy atom. The minimum absolute atomic E-state index is 0. The maximum atomic E-state index is 9.67. The second-order valence-corrected chi connectivity index (χ2v) is 19.0. The summed E-state index contributed by atoms with van der Waals surface area (Å²) in [4.78, 5) is 0. The number of halogens is 4. The van der Waals surface area contributed by atoms with Crippen LogP contribution in [0.25, 0.3) is 0 Å². The van der Waals surface area contributed by atoms with E-state index in [4.69, 9.17) is 0 Å². The third-order valence-electron chi connectivity index (χ3n) is 4.87. The number of hydrogen-bond acceptors (Lipinski definition) is 0. The molecule has 0 aliphatic heterocycles. The van der Waals surface area contributed by atoms with Crippen molar-refractivity contribution in [2.75, 3.05) is 12.6 Å². The van der Waals surface area contributed by atoms with E-state index in [9.17, 15) is 12.9 Å². The Bertz CT molecular complexity index is 412. The fourth-order valence-electron chi connectivity index (χ4n) is 3.04. The van der Waals surface area contributed by atoms with Crippen molar-refractivity contribution < 1.29 is 37.1 Å². The molecule has 1 unspecified atom stereocenters. The molecule has 0 saturated carbocycles. The van der Waals surface area contributed by atoms with E-state index in [2.05, 4.69) is 93.3 Å². The van der Waals surface area contributed by atoms with Crippen LogP contribution in [0.4, 0.5) is 12.9 Å². The van der Waals surface area contributed by atoms with Gasteiger partial charge >= 0.3 is 27.0 Å². The Labute approximate surface area is 215 Å². The fraction of sp³-hybridized carbons (Fsp3) is 0.750. The number of hydrogen-bond donors (Lipinski definition) is 0. The van der Waals surface area contributed by atoms with Crippen LogP contribution in [0, 0.1) is 14.9 Å². The van der Waals surface area contributed by atoms with Crippen LogP contribution < -0.4 is 4.70 Å². The van der Waals surface area contributed by atoms with Crippen LogP contribution in [-0.4, -0.2) is 35.6 Å². The molecule has 0 spiro atoms. The molecule has 1 aliphatic rings. The first-order valence-corrected chi connectivity index (χ1v) is 14.3. The van der Waals surface area contributed by atoms with E-state index in [0.717, 1.165) is 0 Å². The van der Waals surface area contributed by atoms with Gasteiger partial charge in [-0.15, -0.1) is 0 Å². The average Bonchev–Trinajstić information content (AvgIpc) is 2.40. The van der Waals surface area contributed by atoms with Gasteiger partial charge in [0.25, 0.3) is 0 Å². The van der Waals surface area contributed by atoms with E-state index < -0.39 is 7.54 Å². The average molecular weight is 592 g/mol. The summed E-state index contributed by atoms with van der Waals surface area (Å²) in [7, 11) is -4.20. The van der Waals surface area contributed by atoms with Crippen LogP contribution >= 0.6 is 15.8 Å². The van der Waals surface area contributed by atoms with Crippen LogP contribution in [0.15, 0.2) is 24.3 Å². The predicted molar refractivity (Wildman–Crippen MR) is 145 cm³/mol. The molecule has 0 aromatic carbocycles. The molecule has 0 nitrogen and oxygen atoms in total. The molecule has 1 aliphatic carbocycles. The van der Waals surface area contributed by atoms with E-state index in [0.29, 0.717) is 15.5 Å². The summed E-state index contributed by atoms with van der Waals surface area (Å²) in [5, 5.41) is 1.61. The minimum atomic E-state index is -3.67. The Balaban J connectivity index is -0.0000000896. The maximum absolute atomic E-state index is 9.67. The zero-order valence-electron chi connectivity index (χ0n) is 22.8. The molecule has 0 bridgehead atoms. The summed E-state index contributed by atoms with van der Waals surface area (Å²) in [5.74, 6) is 1.53. The first-order valence-electron chi connectivity index (χ1n) is 10.4. The van der Waals surface area contributed by atoms with Gasteiger partial charge in [-0.2, -0.15) is 0 Å². The Kier molecular flexibility index (Phi) is 32.0. The van der Waals surface area contributed by atoms with Crippen molar-refractivity contribution in [3.63, 3.8) is 0 Å². The summed E-state index contributed by atoms with van der Waals surface area (Å²) < 4.78 is 29.0. The van der Waals surface area contributed by atoms with E-state index in [1.165, 1.54) is 31.6 Å². The third-order valence-corrected chi connectivity index (χ3v) is 14.6. The van der Waals surface area contributed by atoms with Gasteiger partial charge in [0.2, 0.25) is 0 Å². The molecule has 0 saturated heterocycles. The quantitative estimate of drug-likeness (QED) is 0.108. The molecule has 197 valence electrons. The summed E-state index contributed by atoms with van der Waals surface area (Å²) in [6.45, 7) is 24.5. The number of rotatable bonds is 2. The monoisotopic (exact) mass is 592 g/mol. The van der Waals surface area contributed by atoms with E-state index in [1.807, 2.05) is 0 Å². The van der Waals surface area contributed by atoms with E-state index in [1.54, 1.807) is 0 Å². The standard InChI is InChI=1S/C14H32P2.C8H12.2CH3.BF3.FH.Rh/c1-12(2,3)15(10)11-16(13(4,5)6)14(7,8)9;1-2-4-6-8-7-5-3-1;;;2-1(3)4;;/h11H2,1-10H3;1-2,7-8H,3-6H2;2*1H3;;1H;/q;;2*-1;;;+2/p+1/b;2-1-,8-7?;;;;;. The van der Waals surface area contributed by atoms with E-state index >= 15 is 0 Å². The van der Waals surface area contributed by atoms with Crippen LogP contribution in [0.2, 0.25) is 0 Å². The van der Waals surface area contributed by atoms with Crippen LogP contribution in [0.3, 0.4) is 0 Å². The van der Waals surface area contributed by atoms with Gasteiger partial charge in [-0.3, -0.25) is 12.9 Å². The first kappa shape index (κ1) is 46.1. The van der Waals surface area contributed by atoms with Gasteiger partial charge in [0.15, 0.2) is 5.90 Å². The van der Waals surface area contributed by atoms with Gasteiger partial charge in [-0.1, -0.05) is 24.3 Å². The Morgan fingerprint density at radius 1 is 0.656 bits per heavy atom.